The molecule has 22 heavy (non-hydrogen) atoms. The Morgan fingerprint density at radius 1 is 1.27 bits per heavy atom. The first kappa shape index (κ1) is 15.3. The SMILES string of the molecule is CN1CCN(c2ccnc(-c3ccc(Br)cn3)n2)CC1CF. The molecule has 0 saturated carbocycles. The van der Waals surface area contributed by atoms with Crippen LogP contribution in [0.3, 0.4) is 0 Å². The van der Waals surface area contributed by atoms with Crippen molar-refractivity contribution >= 4 is 21.7 Å². The van der Waals surface area contributed by atoms with Gasteiger partial charge in [-0.1, -0.05) is 0 Å². The molecular weight excluding hydrogens is 349 g/mol. The van der Waals surface area contributed by atoms with E-state index in [-0.39, 0.29) is 12.7 Å². The summed E-state index contributed by atoms with van der Waals surface area (Å²) in [6.45, 7) is 1.94. The van der Waals surface area contributed by atoms with Crippen LogP contribution in [0.1, 0.15) is 0 Å². The molecule has 3 rings (SSSR count). The maximum Gasteiger partial charge on any atom is 0.180 e. The summed E-state index contributed by atoms with van der Waals surface area (Å²) >= 11 is 3.36. The summed E-state index contributed by atoms with van der Waals surface area (Å²) in [5, 5.41) is 0. The number of pyridine rings is 1. The number of rotatable bonds is 3. The molecule has 0 amide bonds. The van der Waals surface area contributed by atoms with Crippen LogP contribution in [0.25, 0.3) is 11.5 Å². The number of alkyl halides is 1. The van der Waals surface area contributed by atoms with Crippen LogP contribution in [0.5, 0.6) is 0 Å². The third kappa shape index (κ3) is 3.25. The molecule has 5 nitrogen and oxygen atoms in total. The highest BCUT2D eigenvalue weighted by Gasteiger charge is 2.25. The van der Waals surface area contributed by atoms with Crippen LogP contribution >= 0.6 is 15.9 Å². The third-order valence-corrected chi connectivity index (χ3v) is 4.35. The number of halogens is 2. The molecule has 0 N–H and O–H groups in total. The molecule has 3 heterocycles. The van der Waals surface area contributed by atoms with Gasteiger partial charge in [0.2, 0.25) is 0 Å². The molecule has 1 atom stereocenters. The second kappa shape index (κ2) is 6.66. The molecule has 2 aromatic heterocycles. The Kier molecular flexibility index (Phi) is 4.63. The number of hydrogen-bond donors (Lipinski definition) is 0. The van der Waals surface area contributed by atoms with Gasteiger partial charge in [-0.3, -0.25) is 9.88 Å². The van der Waals surface area contributed by atoms with E-state index in [0.717, 1.165) is 29.1 Å². The predicted octanol–water partition coefficient (Wildman–Crippen LogP) is 2.39. The van der Waals surface area contributed by atoms with Crippen molar-refractivity contribution in [2.45, 2.75) is 6.04 Å². The minimum absolute atomic E-state index is 0.0852. The number of piperazine rings is 1. The molecule has 0 aromatic carbocycles. The smallest absolute Gasteiger partial charge is 0.180 e. The minimum atomic E-state index is -0.348. The summed E-state index contributed by atoms with van der Waals surface area (Å²) in [6, 6.07) is 5.56. The van der Waals surface area contributed by atoms with E-state index >= 15 is 0 Å². The Morgan fingerprint density at radius 2 is 2.14 bits per heavy atom. The van der Waals surface area contributed by atoms with Gasteiger partial charge < -0.3 is 4.90 Å². The third-order valence-electron chi connectivity index (χ3n) is 3.88. The molecule has 1 saturated heterocycles. The molecule has 1 aliphatic rings. The normalized spacial score (nSPS) is 19.4. The van der Waals surface area contributed by atoms with Gasteiger partial charge in [-0.05, 0) is 41.2 Å². The van der Waals surface area contributed by atoms with Crippen LogP contribution in [-0.4, -0.2) is 59.3 Å². The van der Waals surface area contributed by atoms with Gasteiger partial charge in [-0.15, -0.1) is 0 Å². The van der Waals surface area contributed by atoms with Crippen LogP contribution in [0.15, 0.2) is 35.1 Å². The minimum Gasteiger partial charge on any atom is -0.354 e. The summed E-state index contributed by atoms with van der Waals surface area (Å²) in [5.74, 6) is 1.40. The molecular formula is C15H17BrFN5. The van der Waals surface area contributed by atoms with Crippen molar-refractivity contribution in [3.05, 3.63) is 35.1 Å². The van der Waals surface area contributed by atoms with Gasteiger partial charge >= 0.3 is 0 Å². The zero-order valence-corrected chi connectivity index (χ0v) is 13.9. The fourth-order valence-corrected chi connectivity index (χ4v) is 2.71. The Labute approximate surface area is 137 Å². The first-order valence-corrected chi connectivity index (χ1v) is 7.93. The summed E-state index contributed by atoms with van der Waals surface area (Å²) in [6.07, 6.45) is 3.45. The summed E-state index contributed by atoms with van der Waals surface area (Å²) in [4.78, 5) is 17.3. The fourth-order valence-electron chi connectivity index (χ4n) is 2.48. The van der Waals surface area contributed by atoms with Crippen LogP contribution in [0.2, 0.25) is 0 Å². The quantitative estimate of drug-likeness (QED) is 0.835. The van der Waals surface area contributed by atoms with E-state index in [1.807, 2.05) is 25.2 Å². The van der Waals surface area contributed by atoms with E-state index in [1.54, 1.807) is 12.4 Å². The Hall–Kier alpha value is -1.60. The van der Waals surface area contributed by atoms with E-state index in [0.29, 0.717) is 12.4 Å². The fraction of sp³-hybridized carbons (Fsp3) is 0.400. The first-order valence-electron chi connectivity index (χ1n) is 7.13. The molecule has 1 aliphatic heterocycles. The highest BCUT2D eigenvalue weighted by Crippen LogP contribution is 2.20. The number of likely N-dealkylation sites (N-methyl/N-ethyl adjacent to an activating group) is 1. The van der Waals surface area contributed by atoms with Gasteiger partial charge in [0.05, 0.1) is 6.04 Å². The van der Waals surface area contributed by atoms with Gasteiger partial charge in [0.25, 0.3) is 0 Å². The summed E-state index contributed by atoms with van der Waals surface area (Å²) in [7, 11) is 1.96. The van der Waals surface area contributed by atoms with Crippen molar-refractivity contribution in [3.8, 4) is 11.5 Å². The average Bonchev–Trinajstić information content (AvgIpc) is 2.56. The van der Waals surface area contributed by atoms with Crippen LogP contribution in [0.4, 0.5) is 10.2 Å². The van der Waals surface area contributed by atoms with Crippen molar-refractivity contribution in [2.24, 2.45) is 0 Å². The molecule has 0 bridgehead atoms. The lowest BCUT2D eigenvalue weighted by atomic mass is 10.2. The van der Waals surface area contributed by atoms with Crippen LogP contribution in [-0.2, 0) is 0 Å². The van der Waals surface area contributed by atoms with Crippen LogP contribution < -0.4 is 4.90 Å². The van der Waals surface area contributed by atoms with E-state index in [4.69, 9.17) is 0 Å². The molecule has 0 radical (unpaired) electrons. The zero-order valence-electron chi connectivity index (χ0n) is 12.3. The molecule has 1 unspecified atom stereocenters. The number of nitrogens with zero attached hydrogens (tertiary/aromatic N) is 5. The topological polar surface area (TPSA) is 45.2 Å². The van der Waals surface area contributed by atoms with Crippen molar-refractivity contribution in [1.82, 2.24) is 19.9 Å². The van der Waals surface area contributed by atoms with E-state index in [2.05, 4.69) is 40.7 Å². The highest BCUT2D eigenvalue weighted by molar-refractivity contribution is 9.10. The van der Waals surface area contributed by atoms with Gasteiger partial charge in [-0.2, -0.15) is 0 Å². The number of anilines is 1. The monoisotopic (exact) mass is 365 g/mol. The maximum atomic E-state index is 13.1. The van der Waals surface area contributed by atoms with Crippen LogP contribution in [0, 0.1) is 0 Å². The Morgan fingerprint density at radius 3 is 2.86 bits per heavy atom. The largest absolute Gasteiger partial charge is 0.354 e. The maximum absolute atomic E-state index is 13.1. The van der Waals surface area contributed by atoms with Gasteiger partial charge in [0.15, 0.2) is 5.82 Å². The van der Waals surface area contributed by atoms with Gasteiger partial charge in [-0.25, -0.2) is 14.4 Å². The number of hydrogen-bond acceptors (Lipinski definition) is 5. The molecule has 0 aliphatic carbocycles. The predicted molar refractivity (Wildman–Crippen MR) is 87.6 cm³/mol. The summed E-state index contributed by atoms with van der Waals surface area (Å²) in [5.41, 5.74) is 0.723. The second-order valence-corrected chi connectivity index (χ2v) is 6.25. The zero-order chi connectivity index (χ0) is 15.5. The van der Waals surface area contributed by atoms with Gasteiger partial charge in [0, 0.05) is 36.5 Å². The molecule has 7 heteroatoms. The Balaban J connectivity index is 1.83. The average molecular weight is 366 g/mol. The molecule has 0 spiro atoms. The van der Waals surface area contributed by atoms with E-state index < -0.39 is 0 Å². The van der Waals surface area contributed by atoms with Gasteiger partial charge in [0.1, 0.15) is 18.2 Å². The standard InChI is InChI=1S/C15H17BrFN5/c1-21-6-7-22(10-12(21)8-17)14-4-5-18-15(20-14)13-3-2-11(16)9-19-13/h2-5,9,12H,6-8,10H2,1H3. The number of aromatic nitrogens is 3. The molecule has 2 aromatic rings. The highest BCUT2D eigenvalue weighted by atomic mass is 79.9. The van der Waals surface area contributed by atoms with Crippen molar-refractivity contribution in [2.75, 3.05) is 38.3 Å². The van der Waals surface area contributed by atoms with Crippen molar-refractivity contribution in [3.63, 3.8) is 0 Å². The van der Waals surface area contributed by atoms with E-state index in [9.17, 15) is 4.39 Å². The van der Waals surface area contributed by atoms with E-state index in [1.165, 1.54) is 0 Å². The lowest BCUT2D eigenvalue weighted by Gasteiger charge is -2.38. The van der Waals surface area contributed by atoms with Crippen molar-refractivity contribution < 1.29 is 4.39 Å². The Bertz CT molecular complexity index is 636. The molecule has 116 valence electrons. The van der Waals surface area contributed by atoms with Crippen molar-refractivity contribution in [1.29, 1.82) is 0 Å². The first-order chi connectivity index (χ1) is 10.7. The lowest BCUT2D eigenvalue weighted by Crippen LogP contribution is -2.52. The second-order valence-electron chi connectivity index (χ2n) is 5.33. The molecule has 1 fully saturated rings. The lowest BCUT2D eigenvalue weighted by molar-refractivity contribution is 0.183. The summed E-state index contributed by atoms with van der Waals surface area (Å²) < 4.78 is 14.0.